The van der Waals surface area contributed by atoms with Crippen LogP contribution in [0.15, 0.2) is 65.7 Å². The Balaban J connectivity index is 0.00000320. The number of hydrogen-bond acceptors (Lipinski definition) is 4. The third kappa shape index (κ3) is 7.12. The fourth-order valence-electron chi connectivity index (χ4n) is 3.15. The lowest BCUT2D eigenvalue weighted by molar-refractivity contribution is 0.223. The first-order valence-corrected chi connectivity index (χ1v) is 9.92. The van der Waals surface area contributed by atoms with Gasteiger partial charge in [-0.3, -0.25) is 4.99 Å². The molecule has 0 aliphatic carbocycles. The van der Waals surface area contributed by atoms with Gasteiger partial charge in [0.2, 0.25) is 0 Å². The normalized spacial score (nSPS) is 14.1. The highest BCUT2D eigenvalue weighted by molar-refractivity contribution is 14.0. The van der Waals surface area contributed by atoms with Crippen LogP contribution in [-0.4, -0.2) is 45.9 Å². The van der Waals surface area contributed by atoms with Crippen LogP contribution in [-0.2, 0) is 6.54 Å². The van der Waals surface area contributed by atoms with E-state index in [0.717, 1.165) is 30.5 Å². The van der Waals surface area contributed by atoms with Crippen LogP contribution in [0, 0.1) is 0 Å². The van der Waals surface area contributed by atoms with Crippen LogP contribution in [0.1, 0.15) is 12.5 Å². The third-order valence-corrected chi connectivity index (χ3v) is 4.71. The van der Waals surface area contributed by atoms with E-state index in [1.165, 1.54) is 11.3 Å². The summed E-state index contributed by atoms with van der Waals surface area (Å²) in [5.74, 6) is 2.32. The van der Waals surface area contributed by atoms with Crippen molar-refractivity contribution in [3.8, 4) is 11.5 Å². The number of nitrogens with zero attached hydrogens (tertiary/aromatic N) is 2. The SMILES string of the molecule is CN=C(NCc1cccc(N2CC=CC2)c1)NCC(C)Oc1cccc(OC)c1.I. The topological polar surface area (TPSA) is 58.1 Å². The molecular weight excluding hydrogens is 491 g/mol. The van der Waals surface area contributed by atoms with Crippen molar-refractivity contribution in [2.75, 3.05) is 38.7 Å². The Bertz CT molecular complexity index is 849. The van der Waals surface area contributed by atoms with E-state index >= 15 is 0 Å². The Morgan fingerprint density at radius 2 is 1.80 bits per heavy atom. The summed E-state index contributed by atoms with van der Waals surface area (Å²) >= 11 is 0. The highest BCUT2D eigenvalue weighted by Gasteiger charge is 2.09. The maximum absolute atomic E-state index is 5.95. The van der Waals surface area contributed by atoms with Crippen LogP contribution in [0.4, 0.5) is 5.69 Å². The average Bonchev–Trinajstić information content (AvgIpc) is 3.29. The highest BCUT2D eigenvalue weighted by atomic mass is 127. The van der Waals surface area contributed by atoms with E-state index in [9.17, 15) is 0 Å². The van der Waals surface area contributed by atoms with Crippen molar-refractivity contribution in [3.05, 3.63) is 66.2 Å². The Kier molecular flexibility index (Phi) is 9.79. The summed E-state index contributed by atoms with van der Waals surface area (Å²) in [6.45, 7) is 5.32. The summed E-state index contributed by atoms with van der Waals surface area (Å²) in [6, 6.07) is 16.2. The predicted octanol–water partition coefficient (Wildman–Crippen LogP) is 3.82. The summed E-state index contributed by atoms with van der Waals surface area (Å²) in [6.07, 6.45) is 4.38. The molecule has 7 heteroatoms. The molecule has 162 valence electrons. The van der Waals surface area contributed by atoms with Crippen LogP contribution >= 0.6 is 24.0 Å². The van der Waals surface area contributed by atoms with Gasteiger partial charge in [-0.15, -0.1) is 24.0 Å². The molecule has 0 saturated heterocycles. The minimum Gasteiger partial charge on any atom is -0.497 e. The van der Waals surface area contributed by atoms with Gasteiger partial charge < -0.3 is 25.0 Å². The van der Waals surface area contributed by atoms with Crippen LogP contribution in [0.25, 0.3) is 0 Å². The van der Waals surface area contributed by atoms with Gasteiger partial charge in [0.1, 0.15) is 17.6 Å². The van der Waals surface area contributed by atoms with E-state index in [4.69, 9.17) is 9.47 Å². The second-order valence-electron chi connectivity index (χ2n) is 6.96. The van der Waals surface area contributed by atoms with E-state index < -0.39 is 0 Å². The van der Waals surface area contributed by atoms with Gasteiger partial charge in [-0.05, 0) is 36.8 Å². The number of rotatable bonds is 8. The summed E-state index contributed by atoms with van der Waals surface area (Å²) < 4.78 is 11.2. The lowest BCUT2D eigenvalue weighted by Crippen LogP contribution is -2.41. The van der Waals surface area contributed by atoms with Gasteiger partial charge in [0.25, 0.3) is 0 Å². The summed E-state index contributed by atoms with van der Waals surface area (Å²) in [7, 11) is 3.42. The Labute approximate surface area is 196 Å². The van der Waals surface area contributed by atoms with Crippen molar-refractivity contribution in [2.24, 2.45) is 4.99 Å². The molecule has 3 rings (SSSR count). The molecule has 0 amide bonds. The van der Waals surface area contributed by atoms with Crippen molar-refractivity contribution in [1.29, 1.82) is 0 Å². The van der Waals surface area contributed by atoms with E-state index in [1.54, 1.807) is 14.2 Å². The zero-order chi connectivity index (χ0) is 20.5. The smallest absolute Gasteiger partial charge is 0.191 e. The fraction of sp³-hybridized carbons (Fsp3) is 0.348. The molecule has 0 bridgehead atoms. The molecule has 1 atom stereocenters. The molecule has 1 unspecified atom stereocenters. The molecule has 1 aliphatic rings. The van der Waals surface area contributed by atoms with Crippen LogP contribution in [0.3, 0.4) is 0 Å². The van der Waals surface area contributed by atoms with Crippen molar-refractivity contribution in [2.45, 2.75) is 19.6 Å². The van der Waals surface area contributed by atoms with Gasteiger partial charge in [0.05, 0.1) is 13.7 Å². The van der Waals surface area contributed by atoms with Gasteiger partial charge in [0.15, 0.2) is 5.96 Å². The number of benzene rings is 2. The predicted molar refractivity (Wildman–Crippen MR) is 134 cm³/mol. The minimum atomic E-state index is -0.0216. The number of hydrogen-bond donors (Lipinski definition) is 2. The Morgan fingerprint density at radius 3 is 2.53 bits per heavy atom. The lowest BCUT2D eigenvalue weighted by atomic mass is 10.2. The number of guanidine groups is 1. The van der Waals surface area contributed by atoms with E-state index in [-0.39, 0.29) is 30.1 Å². The molecule has 1 heterocycles. The fourth-order valence-corrected chi connectivity index (χ4v) is 3.15. The first-order valence-electron chi connectivity index (χ1n) is 9.92. The average molecular weight is 522 g/mol. The molecule has 2 aromatic rings. The molecule has 0 radical (unpaired) electrons. The van der Waals surface area contributed by atoms with Crippen LogP contribution in [0.2, 0.25) is 0 Å². The minimum absolute atomic E-state index is 0. The van der Waals surface area contributed by atoms with Gasteiger partial charge in [0, 0.05) is 38.4 Å². The molecule has 0 aromatic heterocycles. The van der Waals surface area contributed by atoms with Crippen molar-refractivity contribution in [1.82, 2.24) is 10.6 Å². The van der Waals surface area contributed by atoms with Crippen molar-refractivity contribution >= 4 is 35.6 Å². The van der Waals surface area contributed by atoms with E-state index in [1.807, 2.05) is 31.2 Å². The van der Waals surface area contributed by atoms with Gasteiger partial charge >= 0.3 is 0 Å². The molecule has 6 nitrogen and oxygen atoms in total. The number of methoxy groups -OCH3 is 1. The van der Waals surface area contributed by atoms with Crippen molar-refractivity contribution < 1.29 is 9.47 Å². The maximum atomic E-state index is 5.95. The monoisotopic (exact) mass is 522 g/mol. The first kappa shape index (κ1) is 23.9. The molecule has 30 heavy (non-hydrogen) atoms. The first-order chi connectivity index (χ1) is 14.2. The largest absolute Gasteiger partial charge is 0.497 e. The standard InChI is InChI=1S/C23H30N4O2.HI/c1-18(29-22-11-7-10-21(15-22)28-3)16-25-23(24-2)26-17-19-8-6-9-20(14-19)27-12-4-5-13-27;/h4-11,14-15,18H,12-13,16-17H2,1-3H3,(H2,24,25,26);1H. The lowest BCUT2D eigenvalue weighted by Gasteiger charge is -2.20. The number of ether oxygens (including phenoxy) is 2. The van der Waals surface area contributed by atoms with Gasteiger partial charge in [-0.25, -0.2) is 0 Å². The zero-order valence-electron chi connectivity index (χ0n) is 17.8. The van der Waals surface area contributed by atoms with E-state index in [0.29, 0.717) is 13.1 Å². The maximum Gasteiger partial charge on any atom is 0.191 e. The molecule has 0 saturated carbocycles. The summed E-state index contributed by atoms with van der Waals surface area (Å²) in [5, 5.41) is 6.69. The molecule has 0 spiro atoms. The number of nitrogens with one attached hydrogen (secondary N) is 2. The molecule has 2 aromatic carbocycles. The molecule has 0 fully saturated rings. The third-order valence-electron chi connectivity index (χ3n) is 4.71. The zero-order valence-corrected chi connectivity index (χ0v) is 20.1. The summed E-state index contributed by atoms with van der Waals surface area (Å²) in [5.41, 5.74) is 2.47. The van der Waals surface area contributed by atoms with E-state index in [2.05, 4.69) is 56.9 Å². The number of aliphatic imine (C=N–C) groups is 1. The highest BCUT2D eigenvalue weighted by Crippen LogP contribution is 2.20. The summed E-state index contributed by atoms with van der Waals surface area (Å²) in [4.78, 5) is 6.65. The molecule has 2 N–H and O–H groups in total. The van der Waals surface area contributed by atoms with Gasteiger partial charge in [-0.1, -0.05) is 30.4 Å². The quantitative estimate of drug-likeness (QED) is 0.239. The second-order valence-corrected chi connectivity index (χ2v) is 6.96. The number of anilines is 1. The van der Waals surface area contributed by atoms with Gasteiger partial charge in [-0.2, -0.15) is 0 Å². The number of halogens is 1. The molecular formula is C23H31IN4O2. The van der Waals surface area contributed by atoms with Crippen LogP contribution < -0.4 is 25.0 Å². The molecule has 1 aliphatic heterocycles. The Morgan fingerprint density at radius 1 is 1.07 bits per heavy atom. The second kappa shape index (κ2) is 12.3. The van der Waals surface area contributed by atoms with Crippen molar-refractivity contribution in [3.63, 3.8) is 0 Å². The van der Waals surface area contributed by atoms with Crippen LogP contribution in [0.5, 0.6) is 11.5 Å². The Hall–Kier alpha value is -2.42.